The van der Waals surface area contributed by atoms with E-state index in [4.69, 9.17) is 9.47 Å². The van der Waals surface area contributed by atoms with Gasteiger partial charge in [0.2, 0.25) is 0 Å². The number of likely N-dealkylation sites (tertiary alicyclic amines) is 1. The van der Waals surface area contributed by atoms with E-state index in [0.29, 0.717) is 19.8 Å². The molecule has 5 heteroatoms. The Balaban J connectivity index is 1.63. The quantitative estimate of drug-likeness (QED) is 0.824. The Kier molecular flexibility index (Phi) is 5.35. The summed E-state index contributed by atoms with van der Waals surface area (Å²) in [6.45, 7) is 10.5. The number of benzene rings is 1. The van der Waals surface area contributed by atoms with Crippen molar-refractivity contribution in [3.05, 3.63) is 35.9 Å². The molecule has 5 nitrogen and oxygen atoms in total. The molecule has 0 N–H and O–H groups in total. The standard InChI is InChI=1S/C20H30N2O3/c1-19(2,3)25-18(23)22-13-14-24-16-20(22)9-11-21(12-10-20)15-17-7-5-4-6-8-17/h4-8H,9-16H2,1-3H3. The molecule has 0 atom stereocenters. The number of rotatable bonds is 2. The van der Waals surface area contributed by atoms with Gasteiger partial charge < -0.3 is 9.47 Å². The van der Waals surface area contributed by atoms with Gasteiger partial charge in [0, 0.05) is 26.2 Å². The van der Waals surface area contributed by atoms with Crippen LogP contribution in [0.5, 0.6) is 0 Å². The summed E-state index contributed by atoms with van der Waals surface area (Å²) < 4.78 is 11.4. The van der Waals surface area contributed by atoms with Crippen LogP contribution in [0.15, 0.2) is 30.3 Å². The van der Waals surface area contributed by atoms with E-state index in [9.17, 15) is 4.79 Å². The van der Waals surface area contributed by atoms with Gasteiger partial charge in [-0.2, -0.15) is 0 Å². The average molecular weight is 346 g/mol. The van der Waals surface area contributed by atoms with E-state index in [-0.39, 0.29) is 11.6 Å². The lowest BCUT2D eigenvalue weighted by Gasteiger charge is -2.50. The van der Waals surface area contributed by atoms with Gasteiger partial charge in [-0.15, -0.1) is 0 Å². The Morgan fingerprint density at radius 1 is 1.16 bits per heavy atom. The van der Waals surface area contributed by atoms with Gasteiger partial charge in [0.05, 0.1) is 18.8 Å². The van der Waals surface area contributed by atoms with Crippen molar-refractivity contribution in [3.63, 3.8) is 0 Å². The highest BCUT2D eigenvalue weighted by atomic mass is 16.6. The fourth-order valence-electron chi connectivity index (χ4n) is 3.72. The normalized spacial score (nSPS) is 21.3. The van der Waals surface area contributed by atoms with E-state index < -0.39 is 5.60 Å². The van der Waals surface area contributed by atoms with Gasteiger partial charge in [0.1, 0.15) is 5.60 Å². The highest BCUT2D eigenvalue weighted by Gasteiger charge is 2.45. The Bertz CT molecular complexity index is 574. The highest BCUT2D eigenvalue weighted by molar-refractivity contribution is 5.69. The van der Waals surface area contributed by atoms with Gasteiger partial charge in [-0.25, -0.2) is 4.79 Å². The fourth-order valence-corrected chi connectivity index (χ4v) is 3.72. The zero-order valence-corrected chi connectivity index (χ0v) is 15.7. The minimum atomic E-state index is -0.468. The first-order valence-corrected chi connectivity index (χ1v) is 9.23. The second kappa shape index (κ2) is 7.34. The van der Waals surface area contributed by atoms with Crippen molar-refractivity contribution < 1.29 is 14.3 Å². The summed E-state index contributed by atoms with van der Waals surface area (Å²) in [6.07, 6.45) is 1.66. The van der Waals surface area contributed by atoms with Crippen molar-refractivity contribution in [1.29, 1.82) is 0 Å². The number of amides is 1. The van der Waals surface area contributed by atoms with Crippen LogP contribution in [-0.2, 0) is 16.0 Å². The number of carbonyl (C=O) groups is 1. The second-order valence-electron chi connectivity index (χ2n) is 8.17. The molecular weight excluding hydrogens is 316 g/mol. The molecule has 2 saturated heterocycles. The van der Waals surface area contributed by atoms with Crippen molar-refractivity contribution in [2.45, 2.75) is 51.3 Å². The highest BCUT2D eigenvalue weighted by Crippen LogP contribution is 2.33. The Hall–Kier alpha value is -1.59. The number of hydrogen-bond donors (Lipinski definition) is 0. The summed E-state index contributed by atoms with van der Waals surface area (Å²) in [4.78, 5) is 17.1. The Morgan fingerprint density at radius 2 is 1.84 bits per heavy atom. The van der Waals surface area contributed by atoms with Crippen LogP contribution in [0.1, 0.15) is 39.2 Å². The number of morpholine rings is 1. The molecule has 1 aromatic rings. The number of ether oxygens (including phenoxy) is 2. The van der Waals surface area contributed by atoms with Crippen molar-refractivity contribution in [1.82, 2.24) is 9.80 Å². The van der Waals surface area contributed by atoms with Crippen molar-refractivity contribution in [2.24, 2.45) is 0 Å². The van der Waals surface area contributed by atoms with E-state index in [2.05, 4.69) is 29.2 Å². The monoisotopic (exact) mass is 346 g/mol. The maximum Gasteiger partial charge on any atom is 0.410 e. The van der Waals surface area contributed by atoms with Crippen LogP contribution in [0.2, 0.25) is 0 Å². The van der Waals surface area contributed by atoms with E-state index in [1.807, 2.05) is 31.7 Å². The van der Waals surface area contributed by atoms with Gasteiger partial charge in [-0.05, 0) is 39.2 Å². The third kappa shape index (κ3) is 4.53. The van der Waals surface area contributed by atoms with Crippen LogP contribution in [0.25, 0.3) is 0 Å². The first kappa shape index (κ1) is 18.2. The largest absolute Gasteiger partial charge is 0.444 e. The summed E-state index contributed by atoms with van der Waals surface area (Å²) in [6, 6.07) is 10.6. The van der Waals surface area contributed by atoms with Gasteiger partial charge in [-0.1, -0.05) is 30.3 Å². The molecule has 2 aliphatic heterocycles. The molecule has 0 aliphatic carbocycles. The molecule has 0 aromatic heterocycles. The van der Waals surface area contributed by atoms with Crippen LogP contribution in [-0.4, -0.2) is 59.9 Å². The molecule has 0 bridgehead atoms. The lowest BCUT2D eigenvalue weighted by molar-refractivity contribution is -0.0961. The minimum Gasteiger partial charge on any atom is -0.444 e. The van der Waals surface area contributed by atoms with E-state index in [0.717, 1.165) is 32.5 Å². The van der Waals surface area contributed by atoms with Crippen LogP contribution in [0, 0.1) is 0 Å². The number of hydrogen-bond acceptors (Lipinski definition) is 4. The van der Waals surface area contributed by atoms with Gasteiger partial charge >= 0.3 is 6.09 Å². The van der Waals surface area contributed by atoms with Gasteiger partial charge in [0.15, 0.2) is 0 Å². The SMILES string of the molecule is CC(C)(C)OC(=O)N1CCOCC12CCN(Cc1ccccc1)CC2. The lowest BCUT2D eigenvalue weighted by atomic mass is 9.85. The molecular formula is C20H30N2O3. The topological polar surface area (TPSA) is 42.0 Å². The van der Waals surface area contributed by atoms with Crippen LogP contribution >= 0.6 is 0 Å². The molecule has 1 spiro atoms. The van der Waals surface area contributed by atoms with Gasteiger partial charge in [0.25, 0.3) is 0 Å². The van der Waals surface area contributed by atoms with Crippen LogP contribution in [0.3, 0.4) is 0 Å². The third-order valence-corrected chi connectivity index (χ3v) is 5.05. The van der Waals surface area contributed by atoms with Crippen molar-refractivity contribution >= 4 is 6.09 Å². The smallest absolute Gasteiger partial charge is 0.410 e. The summed E-state index contributed by atoms with van der Waals surface area (Å²) >= 11 is 0. The molecule has 1 amide bonds. The Labute approximate surface area is 150 Å². The Morgan fingerprint density at radius 3 is 2.48 bits per heavy atom. The van der Waals surface area contributed by atoms with E-state index >= 15 is 0 Å². The molecule has 3 rings (SSSR count). The van der Waals surface area contributed by atoms with Crippen LogP contribution in [0.4, 0.5) is 4.79 Å². The predicted octanol–water partition coefficient (Wildman–Crippen LogP) is 3.29. The molecule has 2 heterocycles. The number of carbonyl (C=O) groups excluding carboxylic acids is 1. The van der Waals surface area contributed by atoms with E-state index in [1.54, 1.807) is 0 Å². The maximum atomic E-state index is 12.7. The van der Waals surface area contributed by atoms with E-state index in [1.165, 1.54) is 5.56 Å². The predicted molar refractivity (Wildman–Crippen MR) is 97.4 cm³/mol. The average Bonchev–Trinajstić information content (AvgIpc) is 2.57. The first-order valence-electron chi connectivity index (χ1n) is 9.23. The summed E-state index contributed by atoms with van der Waals surface area (Å²) in [5.74, 6) is 0. The van der Waals surface area contributed by atoms with Gasteiger partial charge in [-0.3, -0.25) is 9.80 Å². The minimum absolute atomic E-state index is 0.202. The molecule has 1 aromatic carbocycles. The van der Waals surface area contributed by atoms with Crippen molar-refractivity contribution in [3.8, 4) is 0 Å². The molecule has 2 fully saturated rings. The molecule has 0 saturated carbocycles. The molecule has 25 heavy (non-hydrogen) atoms. The summed E-state index contributed by atoms with van der Waals surface area (Å²) in [7, 11) is 0. The molecule has 138 valence electrons. The summed E-state index contributed by atoms with van der Waals surface area (Å²) in [5, 5.41) is 0. The lowest BCUT2D eigenvalue weighted by Crippen LogP contribution is -2.63. The fraction of sp³-hybridized carbons (Fsp3) is 0.650. The molecule has 2 aliphatic rings. The molecule has 0 radical (unpaired) electrons. The zero-order chi connectivity index (χ0) is 17.9. The van der Waals surface area contributed by atoms with Crippen molar-refractivity contribution in [2.75, 3.05) is 32.8 Å². The zero-order valence-electron chi connectivity index (χ0n) is 15.7. The summed E-state index contributed by atoms with van der Waals surface area (Å²) in [5.41, 5.74) is 0.653. The van der Waals surface area contributed by atoms with Crippen LogP contribution < -0.4 is 0 Å². The first-order chi connectivity index (χ1) is 11.9. The third-order valence-electron chi connectivity index (χ3n) is 5.05. The maximum absolute atomic E-state index is 12.7. The number of nitrogens with zero attached hydrogens (tertiary/aromatic N) is 2. The number of piperidine rings is 1. The second-order valence-corrected chi connectivity index (χ2v) is 8.17. The molecule has 0 unspecified atom stereocenters.